The molecule has 0 saturated carbocycles. The molecule has 0 saturated heterocycles. The van der Waals surface area contributed by atoms with Gasteiger partial charge in [-0.3, -0.25) is 9.78 Å². The van der Waals surface area contributed by atoms with Crippen molar-refractivity contribution in [3.05, 3.63) is 89.7 Å². The fourth-order valence-corrected chi connectivity index (χ4v) is 2.96. The molecule has 2 aromatic carbocycles. The van der Waals surface area contributed by atoms with Gasteiger partial charge in [-0.15, -0.1) is 10.2 Å². The summed E-state index contributed by atoms with van der Waals surface area (Å²) in [5, 5.41) is 8.26. The Balaban J connectivity index is 1.48. The molecule has 144 valence electrons. The second kappa shape index (κ2) is 8.06. The zero-order chi connectivity index (χ0) is 20.2. The van der Waals surface area contributed by atoms with Crippen LogP contribution in [-0.2, 0) is 6.54 Å². The summed E-state index contributed by atoms with van der Waals surface area (Å²) < 4.78 is 5.80. The maximum Gasteiger partial charge on any atom is 0.253 e. The van der Waals surface area contributed by atoms with Crippen LogP contribution in [0.15, 0.2) is 77.5 Å². The van der Waals surface area contributed by atoms with E-state index in [0.717, 1.165) is 16.7 Å². The van der Waals surface area contributed by atoms with Gasteiger partial charge in [0.25, 0.3) is 5.91 Å². The standard InChI is InChI=1S/C23H20N4O2/c1-16-3-5-18(6-4-16)21-25-26-22(29-21)19-7-9-20(10-8-19)23(28)27(2)15-17-11-13-24-14-12-17/h3-14H,15H2,1-2H3. The first-order valence-corrected chi connectivity index (χ1v) is 9.25. The third-order valence-corrected chi connectivity index (χ3v) is 4.62. The van der Waals surface area contributed by atoms with E-state index in [4.69, 9.17) is 4.42 Å². The Morgan fingerprint density at radius 1 is 0.862 bits per heavy atom. The molecule has 0 radical (unpaired) electrons. The van der Waals surface area contributed by atoms with Crippen LogP contribution in [0.4, 0.5) is 0 Å². The highest BCUT2D eigenvalue weighted by Gasteiger charge is 2.14. The molecule has 0 N–H and O–H groups in total. The van der Waals surface area contributed by atoms with Crippen molar-refractivity contribution in [2.75, 3.05) is 7.05 Å². The molecule has 0 unspecified atom stereocenters. The van der Waals surface area contributed by atoms with E-state index in [1.807, 2.05) is 55.5 Å². The summed E-state index contributed by atoms with van der Waals surface area (Å²) in [6.45, 7) is 2.55. The Labute approximate surface area is 168 Å². The monoisotopic (exact) mass is 384 g/mol. The van der Waals surface area contributed by atoms with Crippen LogP contribution in [-0.4, -0.2) is 33.0 Å². The number of amides is 1. The van der Waals surface area contributed by atoms with E-state index in [-0.39, 0.29) is 5.91 Å². The molecule has 29 heavy (non-hydrogen) atoms. The van der Waals surface area contributed by atoms with Gasteiger partial charge < -0.3 is 9.32 Å². The van der Waals surface area contributed by atoms with Gasteiger partial charge in [-0.05, 0) is 61.0 Å². The summed E-state index contributed by atoms with van der Waals surface area (Å²) in [6.07, 6.45) is 3.44. The fourth-order valence-electron chi connectivity index (χ4n) is 2.96. The number of pyridine rings is 1. The number of benzene rings is 2. The maximum atomic E-state index is 12.7. The molecule has 4 rings (SSSR count). The van der Waals surface area contributed by atoms with Crippen molar-refractivity contribution in [3.8, 4) is 22.9 Å². The average molecular weight is 384 g/mol. The van der Waals surface area contributed by atoms with E-state index < -0.39 is 0 Å². The van der Waals surface area contributed by atoms with Gasteiger partial charge in [0.05, 0.1) is 0 Å². The fraction of sp³-hybridized carbons (Fsp3) is 0.130. The molecule has 0 aliphatic heterocycles. The number of carbonyl (C=O) groups is 1. The summed E-state index contributed by atoms with van der Waals surface area (Å²) in [7, 11) is 1.78. The molecule has 0 spiro atoms. The van der Waals surface area contributed by atoms with Gasteiger partial charge in [-0.2, -0.15) is 0 Å². The van der Waals surface area contributed by atoms with Crippen LogP contribution >= 0.6 is 0 Å². The molecule has 4 aromatic rings. The molecule has 0 bridgehead atoms. The minimum Gasteiger partial charge on any atom is -0.416 e. The van der Waals surface area contributed by atoms with Gasteiger partial charge >= 0.3 is 0 Å². The molecule has 1 amide bonds. The highest BCUT2D eigenvalue weighted by molar-refractivity contribution is 5.94. The first-order chi connectivity index (χ1) is 14.1. The van der Waals surface area contributed by atoms with Crippen LogP contribution in [0.3, 0.4) is 0 Å². The smallest absolute Gasteiger partial charge is 0.253 e. The first kappa shape index (κ1) is 18.6. The molecular formula is C23H20N4O2. The molecule has 6 heteroatoms. The largest absolute Gasteiger partial charge is 0.416 e. The Kier molecular flexibility index (Phi) is 5.16. The van der Waals surface area contributed by atoms with E-state index in [1.54, 1.807) is 36.5 Å². The zero-order valence-electron chi connectivity index (χ0n) is 16.2. The average Bonchev–Trinajstić information content (AvgIpc) is 3.25. The second-order valence-corrected chi connectivity index (χ2v) is 6.87. The summed E-state index contributed by atoms with van der Waals surface area (Å²) in [5.74, 6) is 0.834. The van der Waals surface area contributed by atoms with Crippen molar-refractivity contribution >= 4 is 5.91 Å². The number of rotatable bonds is 5. The molecule has 0 fully saturated rings. The van der Waals surface area contributed by atoms with Crippen molar-refractivity contribution in [1.82, 2.24) is 20.1 Å². The quantitative estimate of drug-likeness (QED) is 0.511. The molecule has 2 aromatic heterocycles. The summed E-state index contributed by atoms with van der Waals surface area (Å²) in [6, 6.07) is 18.9. The number of aryl methyl sites for hydroxylation is 1. The van der Waals surface area contributed by atoms with Crippen LogP contribution in [0.25, 0.3) is 22.9 Å². The van der Waals surface area contributed by atoms with E-state index in [0.29, 0.717) is 23.9 Å². The van der Waals surface area contributed by atoms with Crippen LogP contribution in [0.5, 0.6) is 0 Å². The lowest BCUT2D eigenvalue weighted by atomic mass is 10.1. The van der Waals surface area contributed by atoms with Crippen LogP contribution in [0, 0.1) is 6.92 Å². The molecular weight excluding hydrogens is 364 g/mol. The first-order valence-electron chi connectivity index (χ1n) is 9.25. The van der Waals surface area contributed by atoms with E-state index in [1.165, 1.54) is 5.56 Å². The van der Waals surface area contributed by atoms with Crippen LogP contribution in [0.2, 0.25) is 0 Å². The Hall–Kier alpha value is -3.80. The van der Waals surface area contributed by atoms with Gasteiger partial charge in [-0.25, -0.2) is 0 Å². The topological polar surface area (TPSA) is 72.1 Å². The van der Waals surface area contributed by atoms with Crippen molar-refractivity contribution in [2.45, 2.75) is 13.5 Å². The third kappa shape index (κ3) is 4.21. The molecule has 2 heterocycles. The molecule has 0 aliphatic carbocycles. The molecule has 0 aliphatic rings. The van der Waals surface area contributed by atoms with E-state index in [9.17, 15) is 4.79 Å². The third-order valence-electron chi connectivity index (χ3n) is 4.62. The summed E-state index contributed by atoms with van der Waals surface area (Å²) in [4.78, 5) is 18.3. The predicted molar refractivity (Wildman–Crippen MR) is 110 cm³/mol. The van der Waals surface area contributed by atoms with E-state index >= 15 is 0 Å². The van der Waals surface area contributed by atoms with Crippen molar-refractivity contribution in [2.24, 2.45) is 0 Å². The number of carbonyl (C=O) groups excluding carboxylic acids is 1. The Morgan fingerprint density at radius 2 is 1.41 bits per heavy atom. The summed E-state index contributed by atoms with van der Waals surface area (Å²) in [5.41, 5.74) is 4.44. The lowest BCUT2D eigenvalue weighted by Crippen LogP contribution is -2.26. The van der Waals surface area contributed by atoms with Gasteiger partial charge in [0.2, 0.25) is 11.8 Å². The van der Waals surface area contributed by atoms with Gasteiger partial charge in [0.15, 0.2) is 0 Å². The lowest BCUT2D eigenvalue weighted by molar-refractivity contribution is 0.0785. The Bertz CT molecular complexity index is 1100. The van der Waals surface area contributed by atoms with E-state index in [2.05, 4.69) is 15.2 Å². The number of aromatic nitrogens is 3. The SMILES string of the molecule is Cc1ccc(-c2nnc(-c3ccc(C(=O)N(C)Cc4ccncc4)cc3)o2)cc1. The number of hydrogen-bond acceptors (Lipinski definition) is 5. The van der Waals surface area contributed by atoms with Crippen molar-refractivity contribution < 1.29 is 9.21 Å². The second-order valence-electron chi connectivity index (χ2n) is 6.87. The molecule has 6 nitrogen and oxygen atoms in total. The minimum atomic E-state index is -0.0563. The maximum absolute atomic E-state index is 12.7. The normalized spacial score (nSPS) is 10.7. The summed E-state index contributed by atoms with van der Waals surface area (Å²) >= 11 is 0. The highest BCUT2D eigenvalue weighted by atomic mass is 16.4. The minimum absolute atomic E-state index is 0.0563. The lowest BCUT2D eigenvalue weighted by Gasteiger charge is -2.17. The van der Waals surface area contributed by atoms with Crippen molar-refractivity contribution in [1.29, 1.82) is 0 Å². The van der Waals surface area contributed by atoms with Gasteiger partial charge in [0, 0.05) is 42.7 Å². The number of nitrogens with zero attached hydrogens (tertiary/aromatic N) is 4. The van der Waals surface area contributed by atoms with Gasteiger partial charge in [-0.1, -0.05) is 17.7 Å². The Morgan fingerprint density at radius 3 is 2.00 bits per heavy atom. The van der Waals surface area contributed by atoms with Crippen molar-refractivity contribution in [3.63, 3.8) is 0 Å². The van der Waals surface area contributed by atoms with Crippen LogP contribution < -0.4 is 0 Å². The van der Waals surface area contributed by atoms with Gasteiger partial charge in [0.1, 0.15) is 0 Å². The number of hydrogen-bond donors (Lipinski definition) is 0. The molecule has 0 atom stereocenters. The zero-order valence-corrected chi connectivity index (χ0v) is 16.2. The van der Waals surface area contributed by atoms with Crippen LogP contribution in [0.1, 0.15) is 21.5 Å². The highest BCUT2D eigenvalue weighted by Crippen LogP contribution is 2.24. The predicted octanol–water partition coefficient (Wildman–Crippen LogP) is 4.38.